The van der Waals surface area contributed by atoms with Crippen LogP contribution in [-0.4, -0.2) is 48.1 Å². The fourth-order valence-corrected chi connectivity index (χ4v) is 2.84. The van der Waals surface area contributed by atoms with Gasteiger partial charge in [-0.05, 0) is 30.2 Å². The summed E-state index contributed by atoms with van der Waals surface area (Å²) < 4.78 is 13.3. The van der Waals surface area contributed by atoms with Crippen LogP contribution in [0.4, 0.5) is 16.2 Å². The fourth-order valence-electron chi connectivity index (χ4n) is 2.84. The van der Waals surface area contributed by atoms with Crippen molar-refractivity contribution in [3.63, 3.8) is 0 Å². The van der Waals surface area contributed by atoms with Crippen LogP contribution in [0.1, 0.15) is 12.0 Å². The van der Waals surface area contributed by atoms with Gasteiger partial charge in [-0.15, -0.1) is 0 Å². The Balaban J connectivity index is 1.56. The van der Waals surface area contributed by atoms with E-state index >= 15 is 0 Å². The Morgan fingerprint density at radius 3 is 3.00 bits per heavy atom. The largest absolute Gasteiger partial charge is 0.366 e. The molecule has 1 aromatic carbocycles. The molecule has 0 radical (unpaired) electrons. The number of anilines is 2. The Kier molecular flexibility index (Phi) is 4.71. The predicted octanol–water partition coefficient (Wildman–Crippen LogP) is 2.37. The van der Waals surface area contributed by atoms with Crippen molar-refractivity contribution in [3.8, 4) is 0 Å². The average Bonchev–Trinajstić information content (AvgIpc) is 2.94. The summed E-state index contributed by atoms with van der Waals surface area (Å²) in [6.07, 6.45) is 2.82. The molecule has 1 saturated heterocycles. The number of halogens is 1. The van der Waals surface area contributed by atoms with Crippen molar-refractivity contribution < 1.29 is 4.39 Å². The molecule has 3 rings (SSSR count). The lowest BCUT2D eigenvalue weighted by molar-refractivity contribution is 0.328. The third-order valence-corrected chi connectivity index (χ3v) is 3.96. The normalized spacial score (nSPS) is 18.1. The highest BCUT2D eigenvalue weighted by atomic mass is 19.1. The van der Waals surface area contributed by atoms with Crippen LogP contribution in [0.15, 0.2) is 36.5 Å². The summed E-state index contributed by atoms with van der Waals surface area (Å²) in [7, 11) is 3.85. The average molecular weight is 315 g/mol. The minimum absolute atomic E-state index is 0.173. The summed E-state index contributed by atoms with van der Waals surface area (Å²) in [4.78, 5) is 12.9. The monoisotopic (exact) mass is 315 g/mol. The van der Waals surface area contributed by atoms with E-state index in [2.05, 4.69) is 20.2 Å². The number of rotatable bonds is 5. The number of nitrogens with one attached hydrogen (secondary N) is 1. The standard InChI is InChI=1S/C17H22FN5/c1-22(2)17-19-8-6-16(21-17)20-15-7-9-23(12-15)11-13-4-3-5-14(18)10-13/h3-6,8,10,15H,7,9,11-12H2,1-2H3,(H,19,20,21). The maximum absolute atomic E-state index is 13.3. The van der Waals surface area contributed by atoms with Crippen LogP contribution in [0, 0.1) is 5.82 Å². The molecule has 1 N–H and O–H groups in total. The molecule has 5 nitrogen and oxygen atoms in total. The minimum atomic E-state index is -0.173. The van der Waals surface area contributed by atoms with E-state index in [1.165, 1.54) is 6.07 Å². The molecule has 122 valence electrons. The lowest BCUT2D eigenvalue weighted by Crippen LogP contribution is -2.26. The van der Waals surface area contributed by atoms with E-state index in [-0.39, 0.29) is 5.82 Å². The van der Waals surface area contributed by atoms with E-state index in [1.807, 2.05) is 31.1 Å². The molecule has 0 saturated carbocycles. The number of nitrogens with zero attached hydrogens (tertiary/aromatic N) is 4. The highest BCUT2D eigenvalue weighted by Gasteiger charge is 2.22. The molecular formula is C17H22FN5. The summed E-state index contributed by atoms with van der Waals surface area (Å²) >= 11 is 0. The van der Waals surface area contributed by atoms with Gasteiger partial charge in [0, 0.05) is 46.0 Å². The number of hydrogen-bond acceptors (Lipinski definition) is 5. The maximum Gasteiger partial charge on any atom is 0.226 e. The van der Waals surface area contributed by atoms with Gasteiger partial charge in [-0.3, -0.25) is 4.90 Å². The topological polar surface area (TPSA) is 44.3 Å². The van der Waals surface area contributed by atoms with Gasteiger partial charge in [-0.2, -0.15) is 4.98 Å². The molecule has 0 bridgehead atoms. The van der Waals surface area contributed by atoms with Crippen LogP contribution in [0.5, 0.6) is 0 Å². The molecular weight excluding hydrogens is 293 g/mol. The van der Waals surface area contributed by atoms with Gasteiger partial charge in [-0.25, -0.2) is 9.37 Å². The Hall–Kier alpha value is -2.21. The molecule has 23 heavy (non-hydrogen) atoms. The van der Waals surface area contributed by atoms with Crippen molar-refractivity contribution in [1.82, 2.24) is 14.9 Å². The second-order valence-electron chi connectivity index (χ2n) is 6.13. The van der Waals surface area contributed by atoms with Crippen molar-refractivity contribution in [2.75, 3.05) is 37.4 Å². The van der Waals surface area contributed by atoms with Crippen LogP contribution in [-0.2, 0) is 6.54 Å². The van der Waals surface area contributed by atoms with Crippen molar-refractivity contribution >= 4 is 11.8 Å². The van der Waals surface area contributed by atoms with E-state index in [0.29, 0.717) is 12.0 Å². The molecule has 1 fully saturated rings. The molecule has 2 aromatic rings. The van der Waals surface area contributed by atoms with Gasteiger partial charge in [0.15, 0.2) is 0 Å². The maximum atomic E-state index is 13.3. The second kappa shape index (κ2) is 6.91. The number of aromatic nitrogens is 2. The lowest BCUT2D eigenvalue weighted by atomic mass is 10.2. The summed E-state index contributed by atoms with van der Waals surface area (Å²) in [6.45, 7) is 2.71. The second-order valence-corrected chi connectivity index (χ2v) is 6.13. The Morgan fingerprint density at radius 2 is 2.22 bits per heavy atom. The number of likely N-dealkylation sites (tertiary alicyclic amines) is 1. The van der Waals surface area contributed by atoms with Crippen LogP contribution in [0.2, 0.25) is 0 Å². The summed E-state index contributed by atoms with van der Waals surface area (Å²) in [5.41, 5.74) is 1.02. The Morgan fingerprint density at radius 1 is 1.35 bits per heavy atom. The van der Waals surface area contributed by atoms with Gasteiger partial charge in [0.05, 0.1) is 0 Å². The van der Waals surface area contributed by atoms with Gasteiger partial charge in [-0.1, -0.05) is 12.1 Å². The quantitative estimate of drug-likeness (QED) is 0.918. The smallest absolute Gasteiger partial charge is 0.226 e. The van der Waals surface area contributed by atoms with Crippen LogP contribution < -0.4 is 10.2 Å². The van der Waals surface area contributed by atoms with Crippen LogP contribution >= 0.6 is 0 Å². The number of hydrogen-bond donors (Lipinski definition) is 1. The highest BCUT2D eigenvalue weighted by Crippen LogP contribution is 2.18. The third-order valence-electron chi connectivity index (χ3n) is 3.96. The van der Waals surface area contributed by atoms with Crippen molar-refractivity contribution in [2.24, 2.45) is 0 Å². The van der Waals surface area contributed by atoms with Gasteiger partial charge < -0.3 is 10.2 Å². The SMILES string of the molecule is CN(C)c1nccc(NC2CCN(Cc3cccc(F)c3)C2)n1. The summed E-state index contributed by atoms with van der Waals surface area (Å²) in [6, 6.07) is 9.07. The zero-order chi connectivity index (χ0) is 16.2. The zero-order valence-corrected chi connectivity index (χ0v) is 13.5. The molecule has 1 aliphatic heterocycles. The Bertz CT molecular complexity index is 661. The van der Waals surface area contributed by atoms with Crippen molar-refractivity contribution in [1.29, 1.82) is 0 Å². The molecule has 1 atom stereocenters. The number of benzene rings is 1. The molecule has 0 aliphatic carbocycles. The predicted molar refractivity (Wildman–Crippen MR) is 90.1 cm³/mol. The highest BCUT2D eigenvalue weighted by molar-refractivity contribution is 5.41. The van der Waals surface area contributed by atoms with Crippen molar-refractivity contribution in [3.05, 3.63) is 47.9 Å². The first kappa shape index (κ1) is 15.7. The fraction of sp³-hybridized carbons (Fsp3) is 0.412. The van der Waals surface area contributed by atoms with Crippen LogP contribution in [0.3, 0.4) is 0 Å². The molecule has 1 aliphatic rings. The first-order valence-electron chi connectivity index (χ1n) is 7.84. The molecule has 1 aromatic heterocycles. The first-order chi connectivity index (χ1) is 11.1. The van der Waals surface area contributed by atoms with Gasteiger partial charge in [0.25, 0.3) is 0 Å². The Labute approximate surface area is 136 Å². The summed E-state index contributed by atoms with van der Waals surface area (Å²) in [5, 5.41) is 3.47. The first-order valence-corrected chi connectivity index (χ1v) is 7.84. The molecule has 6 heteroatoms. The van der Waals surface area contributed by atoms with Gasteiger partial charge >= 0.3 is 0 Å². The van der Waals surface area contributed by atoms with Crippen molar-refractivity contribution in [2.45, 2.75) is 19.0 Å². The lowest BCUT2D eigenvalue weighted by Gasteiger charge is -2.18. The molecule has 0 amide bonds. The van der Waals surface area contributed by atoms with E-state index < -0.39 is 0 Å². The summed E-state index contributed by atoms with van der Waals surface area (Å²) in [5.74, 6) is 1.37. The van der Waals surface area contributed by atoms with Gasteiger partial charge in [0.2, 0.25) is 5.95 Å². The van der Waals surface area contributed by atoms with Gasteiger partial charge in [0.1, 0.15) is 11.6 Å². The van der Waals surface area contributed by atoms with E-state index in [0.717, 1.165) is 37.4 Å². The van der Waals surface area contributed by atoms with E-state index in [9.17, 15) is 4.39 Å². The molecule has 0 spiro atoms. The van der Waals surface area contributed by atoms with E-state index in [4.69, 9.17) is 0 Å². The molecule has 1 unspecified atom stereocenters. The minimum Gasteiger partial charge on any atom is -0.366 e. The molecule has 2 heterocycles. The van der Waals surface area contributed by atoms with E-state index in [1.54, 1.807) is 18.3 Å². The zero-order valence-electron chi connectivity index (χ0n) is 13.5. The third kappa shape index (κ3) is 4.16. The van der Waals surface area contributed by atoms with Crippen LogP contribution in [0.25, 0.3) is 0 Å².